The zero-order valence-corrected chi connectivity index (χ0v) is 13.1. The summed E-state index contributed by atoms with van der Waals surface area (Å²) >= 11 is 0. The van der Waals surface area contributed by atoms with Crippen LogP contribution in [-0.4, -0.2) is 11.8 Å². The van der Waals surface area contributed by atoms with E-state index in [-0.39, 0.29) is 17.2 Å². The Morgan fingerprint density at radius 3 is 2.40 bits per heavy atom. The molecule has 25 heavy (non-hydrogen) atoms. The van der Waals surface area contributed by atoms with Crippen LogP contribution in [0.15, 0.2) is 42.5 Å². The van der Waals surface area contributed by atoms with E-state index in [0.29, 0.717) is 16.8 Å². The van der Waals surface area contributed by atoms with Gasteiger partial charge in [-0.15, -0.1) is 0 Å². The maximum atomic E-state index is 12.8. The number of nitrogens with one attached hydrogen (secondary N) is 2. The van der Waals surface area contributed by atoms with E-state index in [0.717, 1.165) is 12.1 Å². The topological polar surface area (TPSA) is 58.2 Å². The van der Waals surface area contributed by atoms with Gasteiger partial charge in [0.05, 0.1) is 5.56 Å². The Hall–Kier alpha value is -3.09. The van der Waals surface area contributed by atoms with Crippen molar-refractivity contribution in [2.45, 2.75) is 13.1 Å². The summed E-state index contributed by atoms with van der Waals surface area (Å²) in [6.45, 7) is 1.39. The molecule has 0 saturated heterocycles. The molecular weight excluding hydrogens is 333 g/mol. The number of carbonyl (C=O) groups excluding carboxylic acids is 2. The lowest BCUT2D eigenvalue weighted by molar-refractivity contribution is -0.137. The van der Waals surface area contributed by atoms with Crippen molar-refractivity contribution in [2.24, 2.45) is 0 Å². The summed E-state index contributed by atoms with van der Waals surface area (Å²) < 4.78 is 38.3. The number of benzene rings is 2. The van der Waals surface area contributed by atoms with E-state index >= 15 is 0 Å². The van der Waals surface area contributed by atoms with Crippen molar-refractivity contribution in [1.82, 2.24) is 0 Å². The third kappa shape index (κ3) is 3.55. The van der Waals surface area contributed by atoms with E-state index in [2.05, 4.69) is 10.6 Å². The molecule has 0 aliphatic carbocycles. The first kappa shape index (κ1) is 16.8. The van der Waals surface area contributed by atoms with Crippen molar-refractivity contribution in [3.8, 4) is 0 Å². The van der Waals surface area contributed by atoms with Crippen LogP contribution >= 0.6 is 0 Å². The van der Waals surface area contributed by atoms with Crippen molar-refractivity contribution < 1.29 is 22.8 Å². The predicted molar refractivity (Wildman–Crippen MR) is 88.7 cm³/mol. The van der Waals surface area contributed by atoms with Crippen molar-refractivity contribution in [2.75, 3.05) is 10.6 Å². The molecule has 4 nitrogen and oxygen atoms in total. The molecule has 0 atom stereocenters. The fourth-order valence-electron chi connectivity index (χ4n) is 2.55. The Labute approximate surface area is 141 Å². The van der Waals surface area contributed by atoms with E-state index < -0.39 is 17.6 Å². The molecule has 0 unspecified atom stereocenters. The van der Waals surface area contributed by atoms with Crippen LogP contribution in [0.2, 0.25) is 0 Å². The molecule has 2 aromatic rings. The fraction of sp³-hybridized carbons (Fsp3) is 0.111. The van der Waals surface area contributed by atoms with Crippen molar-refractivity contribution in [3.63, 3.8) is 0 Å². The minimum Gasteiger partial charge on any atom is -0.326 e. The summed E-state index contributed by atoms with van der Waals surface area (Å²) in [5.41, 5.74) is 1.33. The highest BCUT2D eigenvalue weighted by Crippen LogP contribution is 2.38. The molecule has 0 aromatic heterocycles. The molecule has 1 aliphatic rings. The van der Waals surface area contributed by atoms with Gasteiger partial charge in [0.1, 0.15) is 0 Å². The van der Waals surface area contributed by atoms with Crippen LogP contribution in [0.5, 0.6) is 0 Å². The number of carbonyl (C=O) groups is 2. The third-order valence-electron chi connectivity index (χ3n) is 3.67. The average molecular weight is 346 g/mol. The average Bonchev–Trinajstić information content (AvgIpc) is 2.83. The Morgan fingerprint density at radius 1 is 1.12 bits per heavy atom. The summed E-state index contributed by atoms with van der Waals surface area (Å²) in [5.74, 6) is -0.657. The number of halogens is 3. The minimum atomic E-state index is -4.47. The lowest BCUT2D eigenvalue weighted by Gasteiger charge is -2.08. The van der Waals surface area contributed by atoms with Crippen LogP contribution in [0.25, 0.3) is 11.6 Å². The van der Waals surface area contributed by atoms with Crippen LogP contribution in [0.4, 0.5) is 24.5 Å². The summed E-state index contributed by atoms with van der Waals surface area (Å²) in [6.07, 6.45) is -2.88. The number of alkyl halides is 3. The van der Waals surface area contributed by atoms with Crippen LogP contribution in [0.3, 0.4) is 0 Å². The zero-order chi connectivity index (χ0) is 18.2. The predicted octanol–water partition coefficient (Wildman–Crippen LogP) is 4.16. The van der Waals surface area contributed by atoms with Gasteiger partial charge in [-0.3, -0.25) is 9.59 Å². The van der Waals surface area contributed by atoms with Gasteiger partial charge in [-0.05, 0) is 35.9 Å². The maximum absolute atomic E-state index is 12.8. The third-order valence-corrected chi connectivity index (χ3v) is 3.67. The van der Waals surface area contributed by atoms with Gasteiger partial charge < -0.3 is 10.6 Å². The second-order valence-corrected chi connectivity index (χ2v) is 5.57. The van der Waals surface area contributed by atoms with Gasteiger partial charge in [-0.1, -0.05) is 18.2 Å². The Bertz CT molecular complexity index is 884. The van der Waals surface area contributed by atoms with Gasteiger partial charge in [0.2, 0.25) is 5.91 Å². The maximum Gasteiger partial charge on any atom is 0.416 e. The summed E-state index contributed by atoms with van der Waals surface area (Å²) in [4.78, 5) is 23.1. The van der Waals surface area contributed by atoms with Gasteiger partial charge in [0.15, 0.2) is 0 Å². The molecule has 0 saturated carbocycles. The Balaban J connectivity index is 1.93. The summed E-state index contributed by atoms with van der Waals surface area (Å²) in [7, 11) is 0. The standard InChI is InChI=1S/C18H13F3N2O2/c1-10(24)22-13-5-2-11(3-6-13)8-15-14-7-4-12(18(19,20)21)9-16(14)23-17(15)25/h2-9H,1H3,(H,22,24)(H,23,25)/b15-8-. The van der Waals surface area contributed by atoms with Crippen LogP contribution in [0, 0.1) is 0 Å². The molecule has 7 heteroatoms. The lowest BCUT2D eigenvalue weighted by atomic mass is 10.0. The normalized spacial score (nSPS) is 15.0. The van der Waals surface area contributed by atoms with Gasteiger partial charge >= 0.3 is 6.18 Å². The van der Waals surface area contributed by atoms with Gasteiger partial charge in [0.25, 0.3) is 5.91 Å². The van der Waals surface area contributed by atoms with Crippen molar-refractivity contribution in [1.29, 1.82) is 0 Å². The molecular formula is C18H13F3N2O2. The highest BCUT2D eigenvalue weighted by atomic mass is 19.4. The highest BCUT2D eigenvalue weighted by molar-refractivity contribution is 6.34. The largest absolute Gasteiger partial charge is 0.416 e. The summed E-state index contributed by atoms with van der Waals surface area (Å²) in [6, 6.07) is 9.91. The smallest absolute Gasteiger partial charge is 0.326 e. The quantitative estimate of drug-likeness (QED) is 0.803. The molecule has 128 valence electrons. The molecule has 2 amide bonds. The molecule has 0 fully saturated rings. The number of hydrogen-bond acceptors (Lipinski definition) is 2. The van der Waals surface area contributed by atoms with Gasteiger partial charge in [0, 0.05) is 29.4 Å². The first-order valence-electron chi connectivity index (χ1n) is 7.36. The van der Waals surface area contributed by atoms with E-state index in [9.17, 15) is 22.8 Å². The lowest BCUT2D eigenvalue weighted by Crippen LogP contribution is -2.06. The minimum absolute atomic E-state index is 0.140. The molecule has 1 aliphatic heterocycles. The number of fused-ring (bicyclic) bond motifs is 1. The van der Waals surface area contributed by atoms with Crippen molar-refractivity contribution in [3.05, 3.63) is 59.2 Å². The zero-order valence-electron chi connectivity index (χ0n) is 13.1. The molecule has 0 bridgehead atoms. The van der Waals surface area contributed by atoms with Crippen LogP contribution < -0.4 is 10.6 Å². The summed E-state index contributed by atoms with van der Waals surface area (Å²) in [5, 5.41) is 5.08. The second kappa shape index (κ2) is 6.08. The molecule has 1 heterocycles. The molecule has 2 aromatic carbocycles. The Kier molecular flexibility index (Phi) is 4.08. The van der Waals surface area contributed by atoms with E-state index in [1.54, 1.807) is 30.3 Å². The van der Waals surface area contributed by atoms with E-state index in [4.69, 9.17) is 0 Å². The van der Waals surface area contributed by atoms with E-state index in [1.807, 2.05) is 0 Å². The molecule has 3 rings (SSSR count). The van der Waals surface area contributed by atoms with Crippen LogP contribution in [0.1, 0.15) is 23.6 Å². The SMILES string of the molecule is CC(=O)Nc1ccc(/C=C2\C(=O)Nc3cc(C(F)(F)F)ccc32)cc1. The number of anilines is 2. The molecule has 2 N–H and O–H groups in total. The number of amides is 2. The highest BCUT2D eigenvalue weighted by Gasteiger charge is 2.33. The first-order valence-corrected chi connectivity index (χ1v) is 7.36. The number of rotatable bonds is 2. The number of hydrogen-bond donors (Lipinski definition) is 2. The van der Waals surface area contributed by atoms with Crippen LogP contribution in [-0.2, 0) is 15.8 Å². The fourth-order valence-corrected chi connectivity index (χ4v) is 2.55. The first-order chi connectivity index (χ1) is 11.7. The Morgan fingerprint density at radius 2 is 1.80 bits per heavy atom. The molecule has 0 spiro atoms. The van der Waals surface area contributed by atoms with Gasteiger partial charge in [-0.2, -0.15) is 13.2 Å². The van der Waals surface area contributed by atoms with Crippen molar-refractivity contribution >= 4 is 34.8 Å². The van der Waals surface area contributed by atoms with Gasteiger partial charge in [-0.25, -0.2) is 0 Å². The second-order valence-electron chi connectivity index (χ2n) is 5.57. The monoisotopic (exact) mass is 346 g/mol. The van der Waals surface area contributed by atoms with E-state index in [1.165, 1.54) is 13.0 Å². The molecule has 0 radical (unpaired) electrons.